The molecule has 0 aliphatic carbocycles. The van der Waals surface area contributed by atoms with Crippen LogP contribution in [-0.2, 0) is 20.1 Å². The van der Waals surface area contributed by atoms with E-state index in [2.05, 4.69) is 83.6 Å². The second-order valence-electron chi connectivity index (χ2n) is 10.5. The number of para-hydroxylation sites is 1. The van der Waals surface area contributed by atoms with Crippen LogP contribution in [0.3, 0.4) is 0 Å². The number of furan rings is 1. The summed E-state index contributed by atoms with van der Waals surface area (Å²) >= 11 is 0. The Labute approximate surface area is 270 Å². The number of nitrogens with zero attached hydrogens (tertiary/aromatic N) is 2. The van der Waals surface area contributed by atoms with Gasteiger partial charge in [0.05, 0.1) is 0 Å². The van der Waals surface area contributed by atoms with Crippen LogP contribution in [0.5, 0.6) is 0 Å². The van der Waals surface area contributed by atoms with Crippen molar-refractivity contribution in [2.45, 2.75) is 13.8 Å². The molecular weight excluding hydrogens is 717 g/mol. The fourth-order valence-corrected chi connectivity index (χ4v) is 5.64. The molecule has 0 bridgehead atoms. The molecule has 3 heterocycles. The molecule has 0 aliphatic heterocycles. The number of aromatic nitrogens is 2. The maximum absolute atomic E-state index is 6.09. The van der Waals surface area contributed by atoms with Gasteiger partial charge in [-0.3, -0.25) is 0 Å². The molecule has 0 fully saturated rings. The van der Waals surface area contributed by atoms with Gasteiger partial charge in [0, 0.05) is 43.3 Å². The first-order valence-corrected chi connectivity index (χ1v) is 14.3. The average Bonchev–Trinajstić information content (AvgIpc) is 3.45. The molecule has 3 nitrogen and oxygen atoms in total. The van der Waals surface area contributed by atoms with Crippen molar-refractivity contribution in [2.24, 2.45) is 0 Å². The van der Waals surface area contributed by atoms with Crippen LogP contribution in [0.25, 0.3) is 66.4 Å². The molecule has 0 amide bonds. The van der Waals surface area contributed by atoms with E-state index < -0.39 is 0 Å². The Morgan fingerprint density at radius 1 is 0.568 bits per heavy atom. The van der Waals surface area contributed by atoms with E-state index in [9.17, 15) is 0 Å². The maximum atomic E-state index is 6.09. The van der Waals surface area contributed by atoms with Crippen LogP contribution in [0.2, 0.25) is 0 Å². The third-order valence-electron chi connectivity index (χ3n) is 7.76. The van der Waals surface area contributed by atoms with Crippen LogP contribution in [0, 0.1) is 26.0 Å². The van der Waals surface area contributed by atoms with Gasteiger partial charge >= 0.3 is 0 Å². The molecule has 3 aromatic heterocycles. The van der Waals surface area contributed by atoms with E-state index in [0.29, 0.717) is 0 Å². The topological polar surface area (TPSA) is 38.9 Å². The van der Waals surface area contributed by atoms with Crippen LogP contribution in [0.4, 0.5) is 0 Å². The summed E-state index contributed by atoms with van der Waals surface area (Å²) in [5.41, 5.74) is 10.6. The van der Waals surface area contributed by atoms with Crippen molar-refractivity contribution >= 4 is 32.7 Å². The minimum Gasteiger partial charge on any atom is -0.456 e. The minimum atomic E-state index is 0. The third kappa shape index (κ3) is 5.58. The molecular formula is C40H28IrN2O-2. The Morgan fingerprint density at radius 3 is 2.20 bits per heavy atom. The molecule has 0 saturated carbocycles. The van der Waals surface area contributed by atoms with Crippen LogP contribution in [0.1, 0.15) is 11.1 Å². The predicted molar refractivity (Wildman–Crippen MR) is 177 cm³/mol. The molecule has 0 N–H and O–H groups in total. The molecule has 0 atom stereocenters. The van der Waals surface area contributed by atoms with E-state index in [4.69, 9.17) is 4.42 Å². The van der Waals surface area contributed by atoms with Crippen molar-refractivity contribution in [3.63, 3.8) is 0 Å². The summed E-state index contributed by atoms with van der Waals surface area (Å²) in [6.45, 7) is 4.19. The van der Waals surface area contributed by atoms with Gasteiger partial charge in [-0.05, 0) is 58.4 Å². The van der Waals surface area contributed by atoms with Crippen molar-refractivity contribution in [1.29, 1.82) is 0 Å². The third-order valence-corrected chi connectivity index (χ3v) is 7.76. The number of hydrogen-bond donors (Lipinski definition) is 0. The van der Waals surface area contributed by atoms with Gasteiger partial charge in [-0.25, -0.2) is 0 Å². The first kappa shape index (κ1) is 29.2. The number of aryl methyl sites for hydroxylation is 1. The van der Waals surface area contributed by atoms with Crippen LogP contribution in [-0.4, -0.2) is 9.97 Å². The molecule has 8 rings (SSSR count). The zero-order valence-electron chi connectivity index (χ0n) is 24.3. The number of benzene rings is 5. The molecule has 215 valence electrons. The molecule has 4 heteroatoms. The van der Waals surface area contributed by atoms with Gasteiger partial charge in [0.25, 0.3) is 0 Å². The average molecular weight is 745 g/mol. The zero-order valence-corrected chi connectivity index (χ0v) is 26.7. The Balaban J connectivity index is 0.000000207. The minimum absolute atomic E-state index is 0. The Morgan fingerprint density at radius 2 is 1.41 bits per heavy atom. The van der Waals surface area contributed by atoms with Crippen LogP contribution >= 0.6 is 0 Å². The summed E-state index contributed by atoms with van der Waals surface area (Å²) in [5.74, 6) is 0. The number of hydrogen-bond acceptors (Lipinski definition) is 3. The standard InChI is InChI=1S/C28H18NO.C12H10N.Ir/c1-18-19(9-6-10-20(18)25-13-4-5-17-29-25)21-11-7-12-23-22(21)15-16-27-28(23)24-8-2-3-14-26(24)30-27;1-10-7-8-12(13-9-10)11-5-3-2-4-6-11;/h2-9,11-17H,1H3;2-5,7-9H,1H3;/q2*-1;. The van der Waals surface area contributed by atoms with E-state index >= 15 is 0 Å². The molecule has 0 unspecified atom stereocenters. The van der Waals surface area contributed by atoms with Crippen LogP contribution < -0.4 is 0 Å². The second kappa shape index (κ2) is 12.8. The van der Waals surface area contributed by atoms with Crippen molar-refractivity contribution in [1.82, 2.24) is 9.97 Å². The van der Waals surface area contributed by atoms with Gasteiger partial charge in [-0.15, -0.1) is 65.2 Å². The van der Waals surface area contributed by atoms with Crippen LogP contribution in [0.15, 0.2) is 138 Å². The molecule has 5 aromatic carbocycles. The van der Waals surface area contributed by atoms with Gasteiger partial charge in [-0.2, -0.15) is 0 Å². The van der Waals surface area contributed by atoms with E-state index in [1.54, 1.807) is 0 Å². The molecule has 0 spiro atoms. The van der Waals surface area contributed by atoms with Crippen molar-refractivity contribution in [2.75, 3.05) is 0 Å². The number of fused-ring (bicyclic) bond motifs is 5. The van der Waals surface area contributed by atoms with Gasteiger partial charge in [0.1, 0.15) is 11.2 Å². The number of rotatable bonds is 3. The second-order valence-corrected chi connectivity index (χ2v) is 10.5. The van der Waals surface area contributed by atoms with E-state index in [-0.39, 0.29) is 20.1 Å². The van der Waals surface area contributed by atoms with Gasteiger partial charge in [-0.1, -0.05) is 79.2 Å². The summed E-state index contributed by atoms with van der Waals surface area (Å²) < 4.78 is 6.09. The summed E-state index contributed by atoms with van der Waals surface area (Å²) in [6.07, 6.45) is 3.70. The maximum Gasteiger partial charge on any atom is 0.136 e. The molecule has 0 saturated heterocycles. The first-order valence-electron chi connectivity index (χ1n) is 14.3. The van der Waals surface area contributed by atoms with E-state index in [1.807, 2.05) is 86.0 Å². The molecule has 1 radical (unpaired) electrons. The van der Waals surface area contributed by atoms with Gasteiger partial charge < -0.3 is 14.4 Å². The summed E-state index contributed by atoms with van der Waals surface area (Å²) in [7, 11) is 0. The quantitative estimate of drug-likeness (QED) is 0.169. The Bertz CT molecular complexity index is 2190. The monoisotopic (exact) mass is 745 g/mol. The predicted octanol–water partition coefficient (Wildman–Crippen LogP) is 10.4. The Kier molecular flexibility index (Phi) is 8.47. The summed E-state index contributed by atoms with van der Waals surface area (Å²) in [4.78, 5) is 8.85. The molecule has 0 aliphatic rings. The van der Waals surface area contributed by atoms with Crippen molar-refractivity contribution < 1.29 is 24.5 Å². The Hall–Kier alpha value is -4.89. The fourth-order valence-electron chi connectivity index (χ4n) is 5.64. The van der Waals surface area contributed by atoms with Gasteiger partial charge in [0.2, 0.25) is 0 Å². The smallest absolute Gasteiger partial charge is 0.136 e. The first-order chi connectivity index (χ1) is 21.2. The SMILES string of the molecule is Cc1c(-c2ccccn2)[c-]ccc1-c1cccc2c1ccc1oc3ccccc3c12.Cc1ccc(-c2[c-]cccc2)nc1.[Ir]. The van der Waals surface area contributed by atoms with Gasteiger partial charge in [0.15, 0.2) is 0 Å². The summed E-state index contributed by atoms with van der Waals surface area (Å²) in [5, 5.41) is 4.76. The number of pyridine rings is 2. The van der Waals surface area contributed by atoms with E-state index in [0.717, 1.165) is 39.1 Å². The fraction of sp³-hybridized carbons (Fsp3) is 0.0500. The largest absolute Gasteiger partial charge is 0.456 e. The molecule has 44 heavy (non-hydrogen) atoms. The van der Waals surface area contributed by atoms with E-state index in [1.165, 1.54) is 38.4 Å². The normalized spacial score (nSPS) is 10.8. The van der Waals surface area contributed by atoms with Crippen molar-refractivity contribution in [3.05, 3.63) is 157 Å². The van der Waals surface area contributed by atoms with Crippen molar-refractivity contribution in [3.8, 4) is 33.6 Å². The molecule has 8 aromatic rings. The zero-order chi connectivity index (χ0) is 29.2. The summed E-state index contributed by atoms with van der Waals surface area (Å²) in [6, 6.07) is 47.6.